The van der Waals surface area contributed by atoms with Gasteiger partial charge in [0.15, 0.2) is 5.82 Å². The third-order valence-electron chi connectivity index (χ3n) is 6.41. The molecule has 0 spiro atoms. The Bertz CT molecular complexity index is 985. The number of nitrogens with zero attached hydrogens (tertiary/aromatic N) is 2. The molecule has 0 unspecified atom stereocenters. The quantitative estimate of drug-likeness (QED) is 0.829. The number of rotatable bonds is 5. The third-order valence-corrected chi connectivity index (χ3v) is 6.41. The number of para-hydroxylation sites is 1. The molecule has 148 valence electrons. The highest BCUT2D eigenvalue weighted by Crippen LogP contribution is 2.52. The number of aromatic nitrogens is 2. The fraction of sp³-hybridized carbons (Fsp3) is 0.524. The molecule has 7 nitrogen and oxygen atoms in total. The molecule has 28 heavy (non-hydrogen) atoms. The maximum Gasteiger partial charge on any atom is 0.290 e. The zero-order valence-corrected chi connectivity index (χ0v) is 16.3. The molecule has 2 saturated heterocycles. The van der Waals surface area contributed by atoms with Crippen molar-refractivity contribution in [1.29, 1.82) is 0 Å². The summed E-state index contributed by atoms with van der Waals surface area (Å²) >= 11 is 0. The Morgan fingerprint density at radius 1 is 1.29 bits per heavy atom. The molecule has 3 heterocycles. The molecule has 1 aromatic heterocycles. The van der Waals surface area contributed by atoms with Crippen LogP contribution in [0.2, 0.25) is 0 Å². The number of nitrogens with one attached hydrogen (secondary N) is 2. The van der Waals surface area contributed by atoms with Gasteiger partial charge in [0.2, 0.25) is 5.91 Å². The van der Waals surface area contributed by atoms with E-state index in [0.717, 1.165) is 19.3 Å². The number of carbonyl (C=O) groups is 2. The lowest BCUT2D eigenvalue weighted by Gasteiger charge is -2.35. The molecule has 0 saturated carbocycles. The second kappa shape index (κ2) is 7.04. The molecule has 4 rings (SSSR count). The molecule has 2 aromatic rings. The van der Waals surface area contributed by atoms with Crippen molar-refractivity contribution in [2.24, 2.45) is 5.41 Å². The van der Waals surface area contributed by atoms with E-state index in [1.807, 2.05) is 18.7 Å². The first-order valence-corrected chi connectivity index (χ1v) is 10.1. The average Bonchev–Trinajstić information content (AvgIpc) is 3.27. The Kier molecular flexibility index (Phi) is 4.69. The minimum atomic E-state index is -0.551. The van der Waals surface area contributed by atoms with Crippen molar-refractivity contribution in [3.05, 3.63) is 40.4 Å². The van der Waals surface area contributed by atoms with Gasteiger partial charge in [0, 0.05) is 18.6 Å². The summed E-state index contributed by atoms with van der Waals surface area (Å²) in [6.07, 6.45) is 3.94. The number of aromatic amines is 1. The number of benzene rings is 1. The van der Waals surface area contributed by atoms with Crippen LogP contribution in [-0.2, 0) is 4.79 Å². The lowest BCUT2D eigenvalue weighted by atomic mass is 9.71. The minimum Gasteiger partial charge on any atom is -0.356 e. The summed E-state index contributed by atoms with van der Waals surface area (Å²) in [6, 6.07) is 6.85. The maximum absolute atomic E-state index is 13.3. The lowest BCUT2D eigenvalue weighted by Crippen LogP contribution is -2.50. The predicted molar refractivity (Wildman–Crippen MR) is 106 cm³/mol. The number of amides is 2. The normalized spacial score (nSPS) is 26.0. The van der Waals surface area contributed by atoms with Crippen LogP contribution >= 0.6 is 0 Å². The molecule has 2 N–H and O–H groups in total. The highest BCUT2D eigenvalue weighted by Gasteiger charge is 2.60. The van der Waals surface area contributed by atoms with Crippen LogP contribution in [0.1, 0.15) is 56.6 Å². The second-order valence-corrected chi connectivity index (χ2v) is 7.86. The number of hydrogen-bond acceptors (Lipinski definition) is 4. The highest BCUT2D eigenvalue weighted by atomic mass is 16.2. The summed E-state index contributed by atoms with van der Waals surface area (Å²) in [5.41, 5.74) is -0.364. The predicted octanol–water partition coefficient (Wildman–Crippen LogP) is 2.22. The van der Waals surface area contributed by atoms with Gasteiger partial charge in [-0.05, 0) is 44.2 Å². The molecular formula is C21H26N4O3. The van der Waals surface area contributed by atoms with E-state index in [9.17, 15) is 14.4 Å². The van der Waals surface area contributed by atoms with Gasteiger partial charge >= 0.3 is 0 Å². The molecular weight excluding hydrogens is 356 g/mol. The first kappa shape index (κ1) is 18.7. The molecule has 2 fully saturated rings. The van der Waals surface area contributed by atoms with Crippen LogP contribution in [0, 0.1) is 5.41 Å². The van der Waals surface area contributed by atoms with Crippen molar-refractivity contribution >= 4 is 22.7 Å². The summed E-state index contributed by atoms with van der Waals surface area (Å²) < 4.78 is 0. The van der Waals surface area contributed by atoms with Crippen LogP contribution in [0.4, 0.5) is 0 Å². The topological polar surface area (TPSA) is 95.2 Å². The van der Waals surface area contributed by atoms with Gasteiger partial charge < -0.3 is 15.2 Å². The van der Waals surface area contributed by atoms with Crippen LogP contribution < -0.4 is 10.9 Å². The summed E-state index contributed by atoms with van der Waals surface area (Å²) in [5.74, 6) is -0.183. The SMILES string of the molecule is CCCNC(=O)[C@@]1(CC)C[C@H]2CC[C@@H]1N2C(=O)c1nc2ccccc2c(=O)[nH]1. The van der Waals surface area contributed by atoms with E-state index in [-0.39, 0.29) is 35.3 Å². The summed E-state index contributed by atoms with van der Waals surface area (Å²) in [6.45, 7) is 4.69. The first-order valence-electron chi connectivity index (χ1n) is 10.1. The number of fused-ring (bicyclic) bond motifs is 3. The Morgan fingerprint density at radius 2 is 2.07 bits per heavy atom. The molecule has 2 bridgehead atoms. The minimum absolute atomic E-state index is 0.0154. The summed E-state index contributed by atoms with van der Waals surface area (Å²) in [5, 5.41) is 3.50. The Balaban J connectivity index is 1.67. The molecule has 1 aromatic carbocycles. The van der Waals surface area contributed by atoms with Gasteiger partial charge in [-0.15, -0.1) is 0 Å². The van der Waals surface area contributed by atoms with Gasteiger partial charge in [-0.1, -0.05) is 26.0 Å². The van der Waals surface area contributed by atoms with Crippen LogP contribution in [0.5, 0.6) is 0 Å². The second-order valence-electron chi connectivity index (χ2n) is 7.86. The van der Waals surface area contributed by atoms with Gasteiger partial charge in [0.25, 0.3) is 11.5 Å². The fourth-order valence-corrected chi connectivity index (χ4v) is 5.00. The van der Waals surface area contributed by atoms with Crippen LogP contribution in [-0.4, -0.2) is 45.3 Å². The van der Waals surface area contributed by atoms with E-state index in [1.165, 1.54) is 0 Å². The Hall–Kier alpha value is -2.70. The van der Waals surface area contributed by atoms with Crippen molar-refractivity contribution < 1.29 is 9.59 Å². The average molecular weight is 382 g/mol. The van der Waals surface area contributed by atoms with E-state index in [1.54, 1.807) is 24.3 Å². The van der Waals surface area contributed by atoms with Crippen molar-refractivity contribution in [2.75, 3.05) is 6.54 Å². The van der Waals surface area contributed by atoms with Gasteiger partial charge in [-0.3, -0.25) is 14.4 Å². The number of H-pyrrole nitrogens is 1. The van der Waals surface area contributed by atoms with Crippen LogP contribution in [0.15, 0.2) is 29.1 Å². The van der Waals surface area contributed by atoms with Crippen LogP contribution in [0.25, 0.3) is 10.9 Å². The number of carbonyl (C=O) groups excluding carboxylic acids is 2. The molecule has 7 heteroatoms. The van der Waals surface area contributed by atoms with Crippen molar-refractivity contribution in [1.82, 2.24) is 20.2 Å². The fourth-order valence-electron chi connectivity index (χ4n) is 5.00. The molecule has 0 radical (unpaired) electrons. The van der Waals surface area contributed by atoms with E-state index in [2.05, 4.69) is 15.3 Å². The van der Waals surface area contributed by atoms with Crippen molar-refractivity contribution in [2.45, 2.75) is 58.0 Å². The molecule has 0 aliphatic carbocycles. The Morgan fingerprint density at radius 3 is 2.82 bits per heavy atom. The van der Waals surface area contributed by atoms with Crippen molar-refractivity contribution in [3.8, 4) is 0 Å². The lowest BCUT2D eigenvalue weighted by molar-refractivity contribution is -0.132. The highest BCUT2D eigenvalue weighted by molar-refractivity contribution is 5.95. The number of hydrogen-bond donors (Lipinski definition) is 2. The largest absolute Gasteiger partial charge is 0.356 e. The first-order chi connectivity index (χ1) is 13.5. The molecule has 2 amide bonds. The van der Waals surface area contributed by atoms with Crippen LogP contribution in [0.3, 0.4) is 0 Å². The molecule has 2 aliphatic rings. The van der Waals surface area contributed by atoms with Gasteiger partial charge in [0.05, 0.1) is 16.3 Å². The molecule has 3 atom stereocenters. The van der Waals surface area contributed by atoms with E-state index >= 15 is 0 Å². The zero-order chi connectivity index (χ0) is 19.9. The van der Waals surface area contributed by atoms with Gasteiger partial charge in [-0.2, -0.15) is 0 Å². The monoisotopic (exact) mass is 382 g/mol. The zero-order valence-electron chi connectivity index (χ0n) is 16.3. The summed E-state index contributed by atoms with van der Waals surface area (Å²) in [7, 11) is 0. The summed E-state index contributed by atoms with van der Waals surface area (Å²) in [4.78, 5) is 47.5. The Labute approximate surface area is 163 Å². The molecule has 2 aliphatic heterocycles. The van der Waals surface area contributed by atoms with E-state index in [0.29, 0.717) is 30.3 Å². The standard InChI is InChI=1S/C21H26N4O3/c1-3-11-22-20(28)21(4-2)12-13-9-10-16(21)25(13)19(27)17-23-15-8-6-5-7-14(15)18(26)24-17/h5-8,13,16H,3-4,9-12H2,1-2H3,(H,22,28)(H,23,24,26)/t13-,16+,21+/m1/s1. The maximum atomic E-state index is 13.3. The van der Waals surface area contributed by atoms with Crippen molar-refractivity contribution in [3.63, 3.8) is 0 Å². The third kappa shape index (κ3) is 2.72. The van der Waals surface area contributed by atoms with E-state index < -0.39 is 5.41 Å². The smallest absolute Gasteiger partial charge is 0.290 e. The van der Waals surface area contributed by atoms with Gasteiger partial charge in [0.1, 0.15) is 0 Å². The van der Waals surface area contributed by atoms with E-state index in [4.69, 9.17) is 0 Å². The van der Waals surface area contributed by atoms with Gasteiger partial charge in [-0.25, -0.2) is 4.98 Å².